The molecule has 1 atom stereocenters. The predicted molar refractivity (Wildman–Crippen MR) is 125 cm³/mol. The number of hydrogen-bond acceptors (Lipinski definition) is 3. The SMILES string of the molecule is CCCCCCCCCCCCCCCCCCN1CCC[Si]1(OC)OCC. The zero-order chi connectivity index (χ0) is 20.3. The molecule has 0 aromatic rings. The maximum absolute atomic E-state index is 6.07. The van der Waals surface area contributed by atoms with Gasteiger partial charge in [0.2, 0.25) is 0 Å². The van der Waals surface area contributed by atoms with Gasteiger partial charge in [0.05, 0.1) is 0 Å². The van der Waals surface area contributed by atoms with Gasteiger partial charge < -0.3 is 8.85 Å². The first kappa shape index (κ1) is 26.1. The summed E-state index contributed by atoms with van der Waals surface area (Å²) in [5.41, 5.74) is 0. The fraction of sp³-hybridized carbons (Fsp3) is 1.00. The fourth-order valence-corrected chi connectivity index (χ4v) is 7.91. The van der Waals surface area contributed by atoms with Crippen molar-refractivity contribution in [2.75, 3.05) is 26.8 Å². The Morgan fingerprint density at radius 2 is 1.14 bits per heavy atom. The molecular weight excluding hydrogens is 362 g/mol. The smallest absolute Gasteiger partial charge is 0.386 e. The average molecular weight is 414 g/mol. The van der Waals surface area contributed by atoms with Crippen molar-refractivity contribution >= 4 is 8.72 Å². The first-order valence-electron chi connectivity index (χ1n) is 12.7. The standard InChI is InChI=1S/C24H51NO2Si/c1-4-6-7-8-9-10-11-12-13-14-15-16-17-18-19-20-22-25-23-21-24-28(25,26-3)27-5-2/h4-24H2,1-3H3. The molecule has 0 aliphatic carbocycles. The Labute approximate surface area is 178 Å². The van der Waals surface area contributed by atoms with Crippen molar-refractivity contribution in [2.24, 2.45) is 0 Å². The monoisotopic (exact) mass is 413 g/mol. The summed E-state index contributed by atoms with van der Waals surface area (Å²) in [6.45, 7) is 7.54. The highest BCUT2D eigenvalue weighted by atomic mass is 28.4. The van der Waals surface area contributed by atoms with E-state index in [0.29, 0.717) is 0 Å². The minimum atomic E-state index is -2.01. The summed E-state index contributed by atoms with van der Waals surface area (Å²) in [7, 11) is -0.156. The van der Waals surface area contributed by atoms with Gasteiger partial charge in [-0.2, -0.15) is 0 Å². The lowest BCUT2D eigenvalue weighted by Gasteiger charge is -2.33. The highest BCUT2D eigenvalue weighted by molar-refractivity contribution is 6.65. The van der Waals surface area contributed by atoms with Crippen molar-refractivity contribution in [3.63, 3.8) is 0 Å². The molecule has 0 N–H and O–H groups in total. The van der Waals surface area contributed by atoms with E-state index < -0.39 is 8.72 Å². The number of nitrogens with zero attached hydrogens (tertiary/aromatic N) is 1. The molecule has 1 fully saturated rings. The van der Waals surface area contributed by atoms with Crippen LogP contribution < -0.4 is 0 Å². The molecule has 168 valence electrons. The van der Waals surface area contributed by atoms with Crippen molar-refractivity contribution in [3.05, 3.63) is 0 Å². The van der Waals surface area contributed by atoms with Gasteiger partial charge in [-0.1, -0.05) is 103 Å². The summed E-state index contributed by atoms with van der Waals surface area (Å²) >= 11 is 0. The van der Waals surface area contributed by atoms with Crippen molar-refractivity contribution in [3.8, 4) is 0 Å². The second kappa shape index (κ2) is 17.9. The molecule has 4 heteroatoms. The lowest BCUT2D eigenvalue weighted by molar-refractivity contribution is 0.156. The van der Waals surface area contributed by atoms with Crippen LogP contribution in [0.2, 0.25) is 6.04 Å². The quantitative estimate of drug-likeness (QED) is 0.152. The van der Waals surface area contributed by atoms with Crippen molar-refractivity contribution in [2.45, 2.75) is 129 Å². The van der Waals surface area contributed by atoms with Crippen molar-refractivity contribution < 1.29 is 8.85 Å². The third-order valence-corrected chi connectivity index (χ3v) is 10.1. The van der Waals surface area contributed by atoms with Gasteiger partial charge in [0.1, 0.15) is 0 Å². The van der Waals surface area contributed by atoms with E-state index in [2.05, 4.69) is 18.4 Å². The lowest BCUT2D eigenvalue weighted by atomic mass is 10.0. The summed E-state index contributed by atoms with van der Waals surface area (Å²) < 4.78 is 14.5. The van der Waals surface area contributed by atoms with E-state index in [1.165, 1.54) is 122 Å². The molecule has 1 aliphatic rings. The lowest BCUT2D eigenvalue weighted by Crippen LogP contribution is -2.54. The summed E-state index contributed by atoms with van der Waals surface area (Å²) in [6, 6.07) is 1.15. The van der Waals surface area contributed by atoms with Gasteiger partial charge in [-0.15, -0.1) is 0 Å². The molecule has 3 nitrogen and oxygen atoms in total. The summed E-state index contributed by atoms with van der Waals surface area (Å²) in [6.07, 6.45) is 24.2. The van der Waals surface area contributed by atoms with Gasteiger partial charge in [-0.3, -0.25) is 4.57 Å². The van der Waals surface area contributed by atoms with Gasteiger partial charge >= 0.3 is 8.72 Å². The second-order valence-corrected chi connectivity index (χ2v) is 12.0. The summed E-state index contributed by atoms with van der Waals surface area (Å²) in [5, 5.41) is 0. The van der Waals surface area contributed by atoms with E-state index in [-0.39, 0.29) is 0 Å². The van der Waals surface area contributed by atoms with E-state index in [0.717, 1.165) is 12.7 Å². The summed E-state index contributed by atoms with van der Waals surface area (Å²) in [4.78, 5) is 0. The van der Waals surface area contributed by atoms with Crippen LogP contribution in [-0.4, -0.2) is 40.1 Å². The third kappa shape index (κ3) is 11.3. The Hall–Kier alpha value is 0.0969. The molecule has 0 amide bonds. The van der Waals surface area contributed by atoms with Gasteiger partial charge in [-0.05, 0) is 32.9 Å². The van der Waals surface area contributed by atoms with Crippen molar-refractivity contribution in [1.29, 1.82) is 0 Å². The Morgan fingerprint density at radius 3 is 1.57 bits per heavy atom. The van der Waals surface area contributed by atoms with Crippen LogP contribution in [0, 0.1) is 0 Å². The van der Waals surface area contributed by atoms with E-state index in [1.807, 2.05) is 7.11 Å². The molecule has 1 rings (SSSR count). The number of hydrogen-bond donors (Lipinski definition) is 0. The van der Waals surface area contributed by atoms with Crippen molar-refractivity contribution in [1.82, 2.24) is 4.57 Å². The minimum Gasteiger partial charge on any atom is -0.386 e. The molecule has 0 aromatic heterocycles. The highest BCUT2D eigenvalue weighted by Gasteiger charge is 2.47. The molecule has 1 aliphatic heterocycles. The van der Waals surface area contributed by atoms with Gasteiger partial charge in [0, 0.05) is 19.8 Å². The van der Waals surface area contributed by atoms with Gasteiger partial charge in [0.25, 0.3) is 0 Å². The number of rotatable bonds is 20. The van der Waals surface area contributed by atoms with Crippen LogP contribution >= 0.6 is 0 Å². The Kier molecular flexibility index (Phi) is 16.7. The Morgan fingerprint density at radius 1 is 0.679 bits per heavy atom. The molecule has 1 unspecified atom stereocenters. The van der Waals surface area contributed by atoms with E-state index in [9.17, 15) is 0 Å². The molecule has 28 heavy (non-hydrogen) atoms. The first-order chi connectivity index (χ1) is 13.8. The fourth-order valence-electron chi connectivity index (χ4n) is 4.63. The highest BCUT2D eigenvalue weighted by Crippen LogP contribution is 2.28. The van der Waals surface area contributed by atoms with Crippen LogP contribution in [0.3, 0.4) is 0 Å². The Bertz CT molecular complexity index is 343. The zero-order valence-corrected chi connectivity index (χ0v) is 20.6. The van der Waals surface area contributed by atoms with E-state index in [1.54, 1.807) is 0 Å². The maximum atomic E-state index is 6.07. The second-order valence-electron chi connectivity index (χ2n) is 8.74. The van der Waals surface area contributed by atoms with Crippen LogP contribution in [-0.2, 0) is 8.85 Å². The molecule has 0 spiro atoms. The zero-order valence-electron chi connectivity index (χ0n) is 19.6. The molecular formula is C24H51NO2Si. The van der Waals surface area contributed by atoms with Crippen LogP contribution in [0.25, 0.3) is 0 Å². The average Bonchev–Trinajstić information content (AvgIpc) is 3.11. The van der Waals surface area contributed by atoms with Gasteiger partial charge in [-0.25, -0.2) is 0 Å². The molecule has 0 aromatic carbocycles. The normalized spacial score (nSPS) is 20.2. The predicted octanol–water partition coefficient (Wildman–Crippen LogP) is 7.58. The maximum Gasteiger partial charge on any atom is 0.427 e. The van der Waals surface area contributed by atoms with Crippen LogP contribution in [0.4, 0.5) is 0 Å². The molecule has 1 saturated heterocycles. The molecule has 0 bridgehead atoms. The minimum absolute atomic E-state index is 0.787. The van der Waals surface area contributed by atoms with Gasteiger partial charge in [0.15, 0.2) is 0 Å². The molecule has 1 heterocycles. The largest absolute Gasteiger partial charge is 0.427 e. The third-order valence-electron chi connectivity index (χ3n) is 6.37. The summed E-state index contributed by atoms with van der Waals surface area (Å²) in [5.74, 6) is 0. The van der Waals surface area contributed by atoms with Crippen LogP contribution in [0.5, 0.6) is 0 Å². The first-order valence-corrected chi connectivity index (χ1v) is 14.7. The molecule has 0 saturated carbocycles. The van der Waals surface area contributed by atoms with Crippen LogP contribution in [0.1, 0.15) is 123 Å². The molecule has 0 radical (unpaired) electrons. The Balaban J connectivity index is 1.84. The topological polar surface area (TPSA) is 21.7 Å². The van der Waals surface area contributed by atoms with Crippen LogP contribution in [0.15, 0.2) is 0 Å². The van der Waals surface area contributed by atoms with E-state index >= 15 is 0 Å². The van der Waals surface area contributed by atoms with E-state index in [4.69, 9.17) is 8.85 Å². The number of unbranched alkanes of at least 4 members (excludes halogenated alkanes) is 15.